The van der Waals surface area contributed by atoms with E-state index in [1.807, 2.05) is 72.8 Å². The van der Waals surface area contributed by atoms with Crippen molar-refractivity contribution in [3.63, 3.8) is 0 Å². The van der Waals surface area contributed by atoms with E-state index < -0.39 is 0 Å². The molecule has 0 heterocycles. The van der Waals surface area contributed by atoms with Crippen molar-refractivity contribution >= 4 is 28.7 Å². The largest absolute Gasteiger partial charge is 0.311 e. The number of hydrogen-bond acceptors (Lipinski definition) is 2. The Labute approximate surface area is 171 Å². The molecule has 4 rings (SSSR count). The Bertz CT molecular complexity index is 1080. The lowest BCUT2D eigenvalue weighted by molar-refractivity contribution is 1.28. The predicted octanol–water partition coefficient (Wildman–Crippen LogP) is 7.22. The van der Waals surface area contributed by atoms with Crippen LogP contribution in [0.15, 0.2) is 115 Å². The Hall–Kier alpha value is -4.09. The van der Waals surface area contributed by atoms with Crippen LogP contribution in [-0.4, -0.2) is 0 Å². The van der Waals surface area contributed by atoms with Crippen molar-refractivity contribution in [2.24, 2.45) is 0 Å². The summed E-state index contributed by atoms with van der Waals surface area (Å²) in [5, 5.41) is 9.55. The minimum atomic E-state index is 0.654. The Balaban J connectivity index is 1.70. The maximum Gasteiger partial charge on any atom is 0.0998 e. The predicted molar refractivity (Wildman–Crippen MR) is 121 cm³/mol. The zero-order chi connectivity index (χ0) is 19.9. The Kier molecular flexibility index (Phi) is 5.50. The van der Waals surface area contributed by atoms with Gasteiger partial charge in [0.15, 0.2) is 0 Å². The van der Waals surface area contributed by atoms with Gasteiger partial charge in [0.2, 0.25) is 0 Å². The van der Waals surface area contributed by atoms with Crippen molar-refractivity contribution < 1.29 is 0 Å². The van der Waals surface area contributed by atoms with Crippen LogP contribution in [0.3, 0.4) is 0 Å². The molecule has 0 atom stereocenters. The first-order valence-corrected chi connectivity index (χ1v) is 9.53. The molecule has 0 aliphatic rings. The summed E-state index contributed by atoms with van der Waals surface area (Å²) < 4.78 is 0. The molecule has 0 aliphatic carbocycles. The molecule has 4 aromatic rings. The van der Waals surface area contributed by atoms with Crippen molar-refractivity contribution in [1.82, 2.24) is 0 Å². The third-order valence-electron chi connectivity index (χ3n) is 4.70. The minimum absolute atomic E-state index is 0.654. The van der Waals surface area contributed by atoms with Gasteiger partial charge in [0.25, 0.3) is 0 Å². The number of nitriles is 1. The summed E-state index contributed by atoms with van der Waals surface area (Å²) in [7, 11) is 0. The lowest BCUT2D eigenvalue weighted by atomic mass is 10.0. The molecule has 0 amide bonds. The zero-order valence-electron chi connectivity index (χ0n) is 15.9. The van der Waals surface area contributed by atoms with Gasteiger partial charge in [-0.1, -0.05) is 78.9 Å². The highest BCUT2D eigenvalue weighted by Gasteiger charge is 2.11. The van der Waals surface area contributed by atoms with Gasteiger partial charge in [0, 0.05) is 17.1 Å². The van der Waals surface area contributed by atoms with Crippen LogP contribution < -0.4 is 4.90 Å². The highest BCUT2D eigenvalue weighted by molar-refractivity contribution is 5.90. The average molecular weight is 372 g/mol. The monoisotopic (exact) mass is 372 g/mol. The van der Waals surface area contributed by atoms with Crippen LogP contribution in [-0.2, 0) is 0 Å². The molecular formula is C27H20N2. The number of allylic oxidation sites excluding steroid dienone is 1. The van der Waals surface area contributed by atoms with Gasteiger partial charge in [0.1, 0.15) is 0 Å². The number of hydrogen-bond donors (Lipinski definition) is 0. The fraction of sp³-hybridized carbons (Fsp3) is 0. The van der Waals surface area contributed by atoms with Gasteiger partial charge in [-0.15, -0.1) is 0 Å². The summed E-state index contributed by atoms with van der Waals surface area (Å²) in [6.07, 6.45) is 1.93. The second-order valence-electron chi connectivity index (χ2n) is 6.63. The van der Waals surface area contributed by atoms with E-state index >= 15 is 0 Å². The summed E-state index contributed by atoms with van der Waals surface area (Å²) in [6, 6.07) is 41.0. The number of anilines is 3. The summed E-state index contributed by atoms with van der Waals surface area (Å²) in [5.41, 5.74) is 5.84. The van der Waals surface area contributed by atoms with Crippen LogP contribution in [0.2, 0.25) is 0 Å². The van der Waals surface area contributed by atoms with E-state index in [1.165, 1.54) is 0 Å². The second-order valence-corrected chi connectivity index (χ2v) is 6.63. The maximum atomic E-state index is 9.55. The summed E-state index contributed by atoms with van der Waals surface area (Å²) in [4.78, 5) is 2.22. The summed E-state index contributed by atoms with van der Waals surface area (Å²) in [6.45, 7) is 0. The molecule has 0 fully saturated rings. The first-order valence-electron chi connectivity index (χ1n) is 9.53. The molecule has 138 valence electrons. The van der Waals surface area contributed by atoms with Crippen molar-refractivity contribution in [3.05, 3.63) is 126 Å². The van der Waals surface area contributed by atoms with Crippen molar-refractivity contribution in [3.8, 4) is 6.07 Å². The van der Waals surface area contributed by atoms with Gasteiger partial charge in [-0.05, 0) is 53.6 Å². The minimum Gasteiger partial charge on any atom is -0.311 e. The molecule has 0 spiro atoms. The quantitative estimate of drug-likeness (QED) is 0.273. The molecular weight excluding hydrogens is 352 g/mol. The lowest BCUT2D eigenvalue weighted by Gasteiger charge is -2.25. The SMILES string of the molecule is N#CC(=Cc1ccc(N(c2ccccc2)c2ccccc2)cc1)c1ccccc1. The van der Waals surface area contributed by atoms with Crippen LogP contribution in [0.4, 0.5) is 17.1 Å². The highest BCUT2D eigenvalue weighted by atomic mass is 15.1. The standard InChI is InChI=1S/C27H20N2/c28-21-24(23-10-4-1-5-11-23)20-22-16-18-27(19-17-22)29(25-12-6-2-7-13-25)26-14-8-3-9-15-26/h1-20H. The third kappa shape index (κ3) is 4.26. The van der Waals surface area contributed by atoms with Crippen molar-refractivity contribution in [1.29, 1.82) is 5.26 Å². The summed E-state index contributed by atoms with van der Waals surface area (Å²) in [5.74, 6) is 0. The zero-order valence-corrected chi connectivity index (χ0v) is 15.9. The van der Waals surface area contributed by atoms with E-state index in [1.54, 1.807) is 0 Å². The van der Waals surface area contributed by atoms with E-state index in [0.717, 1.165) is 28.2 Å². The van der Waals surface area contributed by atoms with E-state index in [9.17, 15) is 5.26 Å². The molecule has 29 heavy (non-hydrogen) atoms. The van der Waals surface area contributed by atoms with E-state index in [4.69, 9.17) is 0 Å². The Morgan fingerprint density at radius 2 is 1.03 bits per heavy atom. The molecule has 2 nitrogen and oxygen atoms in total. The van der Waals surface area contributed by atoms with Gasteiger partial charge in [0.05, 0.1) is 11.6 Å². The molecule has 0 saturated heterocycles. The third-order valence-corrected chi connectivity index (χ3v) is 4.70. The molecule has 0 bridgehead atoms. The van der Waals surface area contributed by atoms with Gasteiger partial charge < -0.3 is 4.90 Å². The molecule has 0 aliphatic heterocycles. The average Bonchev–Trinajstić information content (AvgIpc) is 2.81. The molecule has 0 unspecified atom stereocenters. The molecule has 0 aromatic heterocycles. The van der Waals surface area contributed by atoms with E-state index in [2.05, 4.69) is 59.5 Å². The topological polar surface area (TPSA) is 27.0 Å². The van der Waals surface area contributed by atoms with Gasteiger partial charge >= 0.3 is 0 Å². The van der Waals surface area contributed by atoms with Crippen molar-refractivity contribution in [2.45, 2.75) is 0 Å². The van der Waals surface area contributed by atoms with Gasteiger partial charge in [-0.25, -0.2) is 0 Å². The lowest BCUT2D eigenvalue weighted by Crippen LogP contribution is -2.09. The first kappa shape index (κ1) is 18.3. The smallest absolute Gasteiger partial charge is 0.0998 e. The molecule has 0 saturated carbocycles. The first-order chi connectivity index (χ1) is 14.3. The number of nitrogens with zero attached hydrogens (tertiary/aromatic N) is 2. The van der Waals surface area contributed by atoms with E-state index in [0.29, 0.717) is 5.57 Å². The van der Waals surface area contributed by atoms with Crippen molar-refractivity contribution in [2.75, 3.05) is 4.90 Å². The Morgan fingerprint density at radius 3 is 1.52 bits per heavy atom. The van der Waals surface area contributed by atoms with Crippen LogP contribution in [0.25, 0.3) is 11.6 Å². The number of benzene rings is 4. The molecule has 4 aromatic carbocycles. The molecule has 0 radical (unpaired) electrons. The Morgan fingerprint density at radius 1 is 0.586 bits per heavy atom. The second kappa shape index (κ2) is 8.73. The molecule has 0 N–H and O–H groups in total. The van der Waals surface area contributed by atoms with Gasteiger partial charge in [-0.3, -0.25) is 0 Å². The van der Waals surface area contributed by atoms with E-state index in [-0.39, 0.29) is 0 Å². The fourth-order valence-corrected chi connectivity index (χ4v) is 3.29. The fourth-order valence-electron chi connectivity index (χ4n) is 3.29. The number of para-hydroxylation sites is 2. The van der Waals surface area contributed by atoms with Crippen LogP contribution in [0.5, 0.6) is 0 Å². The number of rotatable bonds is 5. The van der Waals surface area contributed by atoms with Crippen LogP contribution in [0, 0.1) is 11.3 Å². The highest BCUT2D eigenvalue weighted by Crippen LogP contribution is 2.34. The van der Waals surface area contributed by atoms with Gasteiger partial charge in [-0.2, -0.15) is 5.26 Å². The summed E-state index contributed by atoms with van der Waals surface area (Å²) >= 11 is 0. The van der Waals surface area contributed by atoms with Crippen LogP contribution >= 0.6 is 0 Å². The maximum absolute atomic E-state index is 9.55. The molecule has 2 heteroatoms. The van der Waals surface area contributed by atoms with Crippen LogP contribution in [0.1, 0.15) is 11.1 Å². The normalized spacial score (nSPS) is 10.9.